The first kappa shape index (κ1) is 32.3. The number of carbonyl (C=O) groups is 3. The Labute approximate surface area is 246 Å². The molecule has 2 fully saturated rings. The molecule has 210 valence electrons. The summed E-state index contributed by atoms with van der Waals surface area (Å²) >= 11 is 5.09. The third kappa shape index (κ3) is 6.81. The Balaban J connectivity index is 0.00000253. The highest BCUT2D eigenvalue weighted by atomic mass is 35.5. The molecule has 38 heavy (non-hydrogen) atoms. The first-order chi connectivity index (χ1) is 17.3. The number of hydrogen-bond donors (Lipinski definition) is 4. The number of halogens is 2. The van der Waals surface area contributed by atoms with Gasteiger partial charge in [-0.2, -0.15) is 0 Å². The van der Waals surface area contributed by atoms with Crippen molar-refractivity contribution in [3.63, 3.8) is 0 Å². The number of oxime groups is 1. The van der Waals surface area contributed by atoms with Crippen LogP contribution in [-0.4, -0.2) is 90.8 Å². The molecule has 2 aromatic heterocycles. The van der Waals surface area contributed by atoms with Crippen LogP contribution in [0.5, 0.6) is 0 Å². The van der Waals surface area contributed by atoms with Gasteiger partial charge in [-0.3, -0.25) is 14.4 Å². The van der Waals surface area contributed by atoms with E-state index >= 15 is 0 Å². The summed E-state index contributed by atoms with van der Waals surface area (Å²) in [6.07, 6.45) is 0.201. The minimum Gasteiger partial charge on any atom is -0.481 e. The molecule has 0 aromatic carbocycles. The van der Waals surface area contributed by atoms with E-state index in [0.29, 0.717) is 10.8 Å². The summed E-state index contributed by atoms with van der Waals surface area (Å²) in [4.78, 5) is 49.3. The summed E-state index contributed by atoms with van der Waals surface area (Å²) in [7, 11) is 0. The Bertz CT molecular complexity index is 1150. The highest BCUT2D eigenvalue weighted by Gasteiger charge is 2.57. The second kappa shape index (κ2) is 14.0. The van der Waals surface area contributed by atoms with Crippen LogP contribution < -0.4 is 16.8 Å². The summed E-state index contributed by atoms with van der Waals surface area (Å²) < 4.78 is 0.666. The molecule has 0 radical (unpaired) electrons. The van der Waals surface area contributed by atoms with Gasteiger partial charge in [-0.15, -0.1) is 58.1 Å². The van der Waals surface area contributed by atoms with Gasteiger partial charge in [0.2, 0.25) is 5.91 Å². The number of aliphatic carboxylic acids is 1. The van der Waals surface area contributed by atoms with E-state index in [1.807, 2.05) is 6.92 Å². The number of nitrogen functional groups attached to an aromatic ring is 1. The number of β-lactam (4-membered cyclic amide) rings is 1. The van der Waals surface area contributed by atoms with Crippen molar-refractivity contribution in [2.45, 2.75) is 35.2 Å². The molecule has 0 saturated carbocycles. The Hall–Kier alpha value is -1.89. The molecule has 2 aliphatic rings. The van der Waals surface area contributed by atoms with E-state index in [0.717, 1.165) is 11.3 Å². The number of thiazole rings is 1. The number of thioether (sulfide) groups is 2. The fourth-order valence-electron chi connectivity index (χ4n) is 3.55. The normalized spacial score (nSPS) is 23.3. The van der Waals surface area contributed by atoms with Gasteiger partial charge < -0.3 is 31.6 Å². The number of fused-ring (bicyclic) bond motifs is 1. The zero-order valence-electron chi connectivity index (χ0n) is 19.8. The molecule has 19 heteroatoms. The lowest BCUT2D eigenvalue weighted by atomic mass is 9.89. The molecule has 4 atom stereocenters. The van der Waals surface area contributed by atoms with Gasteiger partial charge in [-0.1, -0.05) is 35.2 Å². The van der Waals surface area contributed by atoms with Gasteiger partial charge in [-0.25, -0.2) is 4.98 Å². The van der Waals surface area contributed by atoms with Crippen LogP contribution in [0.3, 0.4) is 0 Å². The first-order valence-electron chi connectivity index (χ1n) is 10.8. The average molecular weight is 646 g/mol. The third-order valence-electron chi connectivity index (χ3n) is 5.69. The summed E-state index contributed by atoms with van der Waals surface area (Å²) in [6, 6.07) is -0.831. The molecule has 2 aromatic rings. The third-order valence-corrected chi connectivity index (χ3v) is 10.1. The number of carboxylic acid groups (broad SMARTS) is 1. The summed E-state index contributed by atoms with van der Waals surface area (Å²) in [5.74, 6) is -1.47. The maximum Gasteiger partial charge on any atom is 0.313 e. The number of nitrogens with one attached hydrogen (secondary N) is 1. The molecular formula is C19H26Cl2N8O5S4. The Morgan fingerprint density at radius 1 is 1.42 bits per heavy atom. The standard InChI is InChI=1S/C19H24N8O5S4.2ClH/c1-2-9(3-20)32-26-11(10-4-33-17(21)23-10)13(28)24-12-14(29)27-5-19(16(30)31,6-34-15(12)27)7-35-18-25-22-8-36-18;;/h4,8-9,12,15H,2-3,5-7,20H2,1H3,(H2,21,23)(H,24,28)(H,30,31);2*1H/t9?,12?,15-,19?;;/m1../s1. The van der Waals surface area contributed by atoms with Gasteiger partial charge >= 0.3 is 5.97 Å². The van der Waals surface area contributed by atoms with Crippen LogP contribution >= 0.6 is 71.0 Å². The fraction of sp³-hybridized carbons (Fsp3) is 0.526. The van der Waals surface area contributed by atoms with E-state index in [9.17, 15) is 19.5 Å². The van der Waals surface area contributed by atoms with Crippen LogP contribution in [0.25, 0.3) is 0 Å². The van der Waals surface area contributed by atoms with E-state index in [-0.39, 0.29) is 78.0 Å². The molecule has 3 unspecified atom stereocenters. The Morgan fingerprint density at radius 3 is 2.76 bits per heavy atom. The van der Waals surface area contributed by atoms with Gasteiger partial charge in [-0.05, 0) is 6.42 Å². The highest BCUT2D eigenvalue weighted by Crippen LogP contribution is 2.44. The van der Waals surface area contributed by atoms with Crippen molar-refractivity contribution in [1.82, 2.24) is 25.4 Å². The molecule has 2 saturated heterocycles. The number of carbonyl (C=O) groups excluding carboxylic acids is 2. The van der Waals surface area contributed by atoms with Crippen molar-refractivity contribution in [3.05, 3.63) is 16.6 Å². The molecular weight excluding hydrogens is 619 g/mol. The fourth-order valence-corrected chi connectivity index (χ4v) is 7.45. The number of hydrogen-bond acceptors (Lipinski definition) is 14. The molecule has 4 rings (SSSR count). The minimum absolute atomic E-state index is 0. The number of anilines is 1. The van der Waals surface area contributed by atoms with Gasteiger partial charge in [0.25, 0.3) is 5.91 Å². The van der Waals surface area contributed by atoms with Crippen molar-refractivity contribution >= 4 is 99.6 Å². The van der Waals surface area contributed by atoms with Crippen molar-refractivity contribution in [3.8, 4) is 0 Å². The van der Waals surface area contributed by atoms with Gasteiger partial charge in [0.15, 0.2) is 15.2 Å². The van der Waals surface area contributed by atoms with Crippen LogP contribution in [0.15, 0.2) is 20.4 Å². The van der Waals surface area contributed by atoms with Crippen LogP contribution in [0, 0.1) is 5.41 Å². The zero-order chi connectivity index (χ0) is 25.9. The van der Waals surface area contributed by atoms with Crippen LogP contribution in [0.1, 0.15) is 19.0 Å². The van der Waals surface area contributed by atoms with Crippen molar-refractivity contribution in [2.75, 3.05) is 30.3 Å². The maximum absolute atomic E-state index is 13.1. The smallest absolute Gasteiger partial charge is 0.313 e. The second-order valence-corrected chi connectivity index (χ2v) is 12.1. The van der Waals surface area contributed by atoms with E-state index in [1.54, 1.807) is 10.9 Å². The first-order valence-corrected chi connectivity index (χ1v) is 14.6. The van der Waals surface area contributed by atoms with Gasteiger partial charge in [0, 0.05) is 30.0 Å². The molecule has 0 spiro atoms. The maximum atomic E-state index is 13.1. The zero-order valence-corrected chi connectivity index (χ0v) is 24.7. The Kier molecular flexibility index (Phi) is 11.9. The van der Waals surface area contributed by atoms with Crippen LogP contribution in [-0.2, 0) is 19.2 Å². The average Bonchev–Trinajstić information content (AvgIpc) is 3.55. The molecule has 0 aliphatic carbocycles. The van der Waals surface area contributed by atoms with E-state index < -0.39 is 28.7 Å². The van der Waals surface area contributed by atoms with Gasteiger partial charge in [0.05, 0.1) is 0 Å². The van der Waals surface area contributed by atoms with Crippen molar-refractivity contribution in [2.24, 2.45) is 16.3 Å². The van der Waals surface area contributed by atoms with E-state index in [2.05, 4.69) is 25.7 Å². The molecule has 0 bridgehead atoms. The monoisotopic (exact) mass is 644 g/mol. The quantitative estimate of drug-likeness (QED) is 0.118. The van der Waals surface area contributed by atoms with Gasteiger partial charge in [0.1, 0.15) is 34.1 Å². The predicted octanol–water partition coefficient (Wildman–Crippen LogP) is 1.14. The van der Waals surface area contributed by atoms with Crippen molar-refractivity contribution < 1.29 is 24.3 Å². The number of nitrogens with zero attached hydrogens (tertiary/aromatic N) is 5. The topological polar surface area (TPSA) is 199 Å². The number of aromatic nitrogens is 3. The summed E-state index contributed by atoms with van der Waals surface area (Å²) in [6.45, 7) is 2.13. The van der Waals surface area contributed by atoms with E-state index in [4.69, 9.17) is 16.3 Å². The molecule has 2 amide bonds. The molecule has 2 aliphatic heterocycles. The number of rotatable bonds is 11. The van der Waals surface area contributed by atoms with Crippen LogP contribution in [0.2, 0.25) is 0 Å². The lowest BCUT2D eigenvalue weighted by Crippen LogP contribution is -2.74. The number of nitrogens with two attached hydrogens (primary N) is 2. The summed E-state index contributed by atoms with van der Waals surface area (Å²) in [5, 5.41) is 25.8. The minimum atomic E-state index is -1.14. The largest absolute Gasteiger partial charge is 0.481 e. The van der Waals surface area contributed by atoms with Crippen molar-refractivity contribution in [1.29, 1.82) is 0 Å². The lowest BCUT2D eigenvalue weighted by molar-refractivity contribution is -0.157. The molecule has 6 N–H and O–H groups in total. The highest BCUT2D eigenvalue weighted by molar-refractivity contribution is 8.01. The SMILES string of the molecule is CCC(CN)ON=C(C(=O)NC1C(=O)N2CC(CSc3nncs3)(C(=O)O)CS[C@H]12)c1csc(N)n1.Cl.Cl. The van der Waals surface area contributed by atoms with E-state index in [1.165, 1.54) is 39.8 Å². The summed E-state index contributed by atoms with van der Waals surface area (Å²) in [5.41, 5.74) is 11.9. The second-order valence-electron chi connectivity index (χ2n) is 8.08. The van der Waals surface area contributed by atoms with Crippen LogP contribution in [0.4, 0.5) is 5.13 Å². The number of amides is 2. The molecule has 4 heterocycles. The number of carboxylic acids is 1. The molecule has 13 nitrogen and oxygen atoms in total. The predicted molar refractivity (Wildman–Crippen MR) is 152 cm³/mol. The Morgan fingerprint density at radius 2 is 2.18 bits per heavy atom. The lowest BCUT2D eigenvalue weighted by Gasteiger charge is -2.53.